The lowest BCUT2D eigenvalue weighted by molar-refractivity contribution is -0.140. The normalized spacial score (nSPS) is 10.7. The summed E-state index contributed by atoms with van der Waals surface area (Å²) in [5, 5.41) is 6.52. The Kier molecular flexibility index (Phi) is 19.0. The van der Waals surface area contributed by atoms with E-state index in [-0.39, 0.29) is 29.9 Å². The number of hydrogen-bond acceptors (Lipinski definition) is 3. The maximum atomic E-state index is 11.0. The third kappa shape index (κ3) is 15.7. The Morgan fingerprint density at radius 2 is 1.81 bits per heavy atom. The van der Waals surface area contributed by atoms with E-state index >= 15 is 0 Å². The van der Waals surface area contributed by atoms with E-state index in [2.05, 4.69) is 34.2 Å². The summed E-state index contributed by atoms with van der Waals surface area (Å²) in [5.74, 6) is 0.739. The Labute approximate surface area is 146 Å². The molecule has 0 aromatic carbocycles. The molecule has 0 fully saturated rings. The van der Waals surface area contributed by atoms with E-state index in [0.717, 1.165) is 44.9 Å². The molecule has 21 heavy (non-hydrogen) atoms. The van der Waals surface area contributed by atoms with Gasteiger partial charge in [0.15, 0.2) is 5.96 Å². The molecule has 0 saturated carbocycles. The standard InChI is InChI=1S/C15H31N3O2.HI/c1-4-6-7-9-12-17-15(16-5-2)18-13-10-8-11-14(19)20-3;/h4-13H2,1-3H3,(H2,16,17,18);1H. The molecule has 6 heteroatoms. The average Bonchev–Trinajstić information content (AvgIpc) is 2.46. The first kappa shape index (κ1) is 22.7. The lowest BCUT2D eigenvalue weighted by atomic mass is 10.2. The van der Waals surface area contributed by atoms with Gasteiger partial charge in [-0.25, -0.2) is 0 Å². The lowest BCUT2D eigenvalue weighted by Crippen LogP contribution is -2.37. The van der Waals surface area contributed by atoms with E-state index in [4.69, 9.17) is 0 Å². The van der Waals surface area contributed by atoms with Crippen LogP contribution in [0.2, 0.25) is 0 Å². The highest BCUT2D eigenvalue weighted by atomic mass is 127. The summed E-state index contributed by atoms with van der Waals surface area (Å²) in [4.78, 5) is 15.5. The molecule has 0 unspecified atom stereocenters. The van der Waals surface area contributed by atoms with Gasteiger partial charge in [-0.1, -0.05) is 26.2 Å². The number of rotatable bonds is 11. The van der Waals surface area contributed by atoms with E-state index in [1.54, 1.807) is 0 Å². The van der Waals surface area contributed by atoms with Crippen molar-refractivity contribution in [2.45, 2.75) is 58.8 Å². The molecule has 0 aliphatic carbocycles. The molecule has 0 radical (unpaired) electrons. The number of esters is 1. The van der Waals surface area contributed by atoms with Crippen LogP contribution in [-0.2, 0) is 9.53 Å². The van der Waals surface area contributed by atoms with E-state index in [9.17, 15) is 4.79 Å². The highest BCUT2D eigenvalue weighted by Crippen LogP contribution is 1.99. The van der Waals surface area contributed by atoms with Crippen molar-refractivity contribution < 1.29 is 9.53 Å². The van der Waals surface area contributed by atoms with Gasteiger partial charge in [-0.05, 0) is 26.2 Å². The van der Waals surface area contributed by atoms with Crippen molar-refractivity contribution in [2.24, 2.45) is 4.99 Å². The highest BCUT2D eigenvalue weighted by molar-refractivity contribution is 14.0. The smallest absolute Gasteiger partial charge is 0.305 e. The predicted molar refractivity (Wildman–Crippen MR) is 99.4 cm³/mol. The van der Waals surface area contributed by atoms with Crippen molar-refractivity contribution in [3.05, 3.63) is 0 Å². The number of aliphatic imine (C=N–C) groups is 1. The Morgan fingerprint density at radius 3 is 2.43 bits per heavy atom. The third-order valence-electron chi connectivity index (χ3n) is 2.95. The molecule has 0 aliphatic rings. The van der Waals surface area contributed by atoms with Crippen LogP contribution in [0.25, 0.3) is 0 Å². The van der Waals surface area contributed by atoms with Crippen molar-refractivity contribution in [1.82, 2.24) is 10.6 Å². The van der Waals surface area contributed by atoms with E-state index in [0.29, 0.717) is 6.42 Å². The van der Waals surface area contributed by atoms with Gasteiger partial charge in [-0.3, -0.25) is 9.79 Å². The quantitative estimate of drug-likeness (QED) is 0.180. The van der Waals surface area contributed by atoms with Gasteiger partial charge in [0.05, 0.1) is 7.11 Å². The van der Waals surface area contributed by atoms with E-state index < -0.39 is 0 Å². The molecule has 126 valence electrons. The highest BCUT2D eigenvalue weighted by Gasteiger charge is 2.00. The second-order valence-corrected chi connectivity index (χ2v) is 4.78. The minimum atomic E-state index is -0.138. The fraction of sp³-hybridized carbons (Fsp3) is 0.867. The van der Waals surface area contributed by atoms with Crippen LogP contribution in [-0.4, -0.2) is 38.7 Å². The van der Waals surface area contributed by atoms with Crippen LogP contribution < -0.4 is 10.6 Å². The molecule has 0 atom stereocenters. The number of carbonyl (C=O) groups excluding carboxylic acids is 1. The summed E-state index contributed by atoms with van der Waals surface area (Å²) in [6.07, 6.45) is 7.20. The first-order valence-corrected chi connectivity index (χ1v) is 7.83. The fourth-order valence-corrected chi connectivity index (χ4v) is 1.77. The van der Waals surface area contributed by atoms with Crippen LogP contribution in [0.1, 0.15) is 58.8 Å². The van der Waals surface area contributed by atoms with Crippen LogP contribution >= 0.6 is 24.0 Å². The average molecular weight is 413 g/mol. The minimum Gasteiger partial charge on any atom is -0.469 e. The number of nitrogens with one attached hydrogen (secondary N) is 2. The van der Waals surface area contributed by atoms with E-state index in [1.165, 1.54) is 26.4 Å². The molecule has 0 amide bonds. The second-order valence-electron chi connectivity index (χ2n) is 4.78. The first-order chi connectivity index (χ1) is 9.74. The van der Waals surface area contributed by atoms with Crippen molar-refractivity contribution >= 4 is 35.9 Å². The lowest BCUT2D eigenvalue weighted by Gasteiger charge is -2.11. The van der Waals surface area contributed by atoms with Gasteiger partial charge < -0.3 is 15.4 Å². The Hall–Kier alpha value is -0.530. The molecule has 0 bridgehead atoms. The maximum absolute atomic E-state index is 11.0. The molecular formula is C15H32IN3O2. The minimum absolute atomic E-state index is 0. The number of unbranched alkanes of at least 4 members (excludes halogenated alkanes) is 4. The van der Waals surface area contributed by atoms with Crippen molar-refractivity contribution in [1.29, 1.82) is 0 Å². The first-order valence-electron chi connectivity index (χ1n) is 7.83. The Bertz CT molecular complexity index is 274. The fourth-order valence-electron chi connectivity index (χ4n) is 1.77. The molecule has 0 saturated heterocycles. The zero-order chi connectivity index (χ0) is 15.1. The van der Waals surface area contributed by atoms with Crippen LogP contribution in [0, 0.1) is 0 Å². The number of guanidine groups is 1. The number of nitrogens with zero attached hydrogens (tertiary/aromatic N) is 1. The molecule has 0 spiro atoms. The number of methoxy groups -OCH3 is 1. The van der Waals surface area contributed by atoms with Crippen LogP contribution in [0.3, 0.4) is 0 Å². The number of halogens is 1. The molecule has 0 aliphatic heterocycles. The van der Waals surface area contributed by atoms with Crippen LogP contribution in [0.4, 0.5) is 0 Å². The van der Waals surface area contributed by atoms with Gasteiger partial charge in [0.1, 0.15) is 0 Å². The zero-order valence-electron chi connectivity index (χ0n) is 13.7. The summed E-state index contributed by atoms with van der Waals surface area (Å²) in [5.41, 5.74) is 0. The van der Waals surface area contributed by atoms with Gasteiger partial charge >= 0.3 is 5.97 Å². The monoisotopic (exact) mass is 413 g/mol. The Balaban J connectivity index is 0. The number of hydrogen-bond donors (Lipinski definition) is 2. The third-order valence-corrected chi connectivity index (χ3v) is 2.95. The molecular weight excluding hydrogens is 381 g/mol. The molecule has 5 nitrogen and oxygen atoms in total. The topological polar surface area (TPSA) is 62.7 Å². The largest absolute Gasteiger partial charge is 0.469 e. The molecule has 0 aromatic heterocycles. The molecule has 0 heterocycles. The molecule has 0 rings (SSSR count). The van der Waals surface area contributed by atoms with Gasteiger partial charge in [0.2, 0.25) is 0 Å². The van der Waals surface area contributed by atoms with Gasteiger partial charge in [0.25, 0.3) is 0 Å². The van der Waals surface area contributed by atoms with Gasteiger partial charge in [-0.2, -0.15) is 0 Å². The second kappa shape index (κ2) is 17.5. The summed E-state index contributed by atoms with van der Waals surface area (Å²) in [6.45, 7) is 6.84. The van der Waals surface area contributed by atoms with Crippen LogP contribution in [0.5, 0.6) is 0 Å². The van der Waals surface area contributed by atoms with Crippen molar-refractivity contribution in [2.75, 3.05) is 26.7 Å². The molecule has 2 N–H and O–H groups in total. The van der Waals surface area contributed by atoms with Gasteiger partial charge in [-0.15, -0.1) is 24.0 Å². The molecule has 0 aromatic rings. The van der Waals surface area contributed by atoms with E-state index in [1.807, 2.05) is 0 Å². The summed E-state index contributed by atoms with van der Waals surface area (Å²) < 4.78 is 4.61. The number of carbonyl (C=O) groups is 1. The maximum Gasteiger partial charge on any atom is 0.305 e. The summed E-state index contributed by atoms with van der Waals surface area (Å²) >= 11 is 0. The van der Waals surface area contributed by atoms with Crippen molar-refractivity contribution in [3.8, 4) is 0 Å². The summed E-state index contributed by atoms with van der Waals surface area (Å²) in [6, 6.07) is 0. The zero-order valence-corrected chi connectivity index (χ0v) is 16.1. The SMILES string of the molecule is CCCCCCN=C(NCC)NCCCCC(=O)OC.I. The van der Waals surface area contributed by atoms with Crippen molar-refractivity contribution in [3.63, 3.8) is 0 Å². The van der Waals surface area contributed by atoms with Crippen LogP contribution in [0.15, 0.2) is 4.99 Å². The Morgan fingerprint density at radius 1 is 1.05 bits per heavy atom. The summed E-state index contributed by atoms with van der Waals surface area (Å²) in [7, 11) is 1.43. The predicted octanol–water partition coefficient (Wildman–Crippen LogP) is 3.08. The number of ether oxygens (including phenoxy) is 1. The van der Waals surface area contributed by atoms with Gasteiger partial charge in [0, 0.05) is 26.1 Å².